The molecule has 7 heteroatoms. The van der Waals surface area contributed by atoms with Gasteiger partial charge in [-0.25, -0.2) is 4.98 Å². The van der Waals surface area contributed by atoms with Crippen molar-refractivity contribution in [3.63, 3.8) is 0 Å². The Bertz CT molecular complexity index is 658. The van der Waals surface area contributed by atoms with Gasteiger partial charge in [0.05, 0.1) is 24.7 Å². The Morgan fingerprint density at radius 1 is 1.17 bits per heavy atom. The third-order valence-corrected chi connectivity index (χ3v) is 3.73. The predicted octanol–water partition coefficient (Wildman–Crippen LogP) is 2.85. The first-order valence-corrected chi connectivity index (χ1v) is 8.12. The van der Waals surface area contributed by atoms with E-state index in [-0.39, 0.29) is 12.2 Å². The first-order valence-electron chi connectivity index (χ1n) is 8.12. The summed E-state index contributed by atoms with van der Waals surface area (Å²) in [5.74, 6) is 1.45. The highest BCUT2D eigenvalue weighted by Gasteiger charge is 2.22. The molecule has 0 amide bonds. The van der Waals surface area contributed by atoms with Crippen molar-refractivity contribution in [3.8, 4) is 11.6 Å². The smallest absolute Gasteiger partial charge is 0.234 e. The Kier molecular flexibility index (Phi) is 5.08. The Morgan fingerprint density at radius 3 is 2.62 bits per heavy atom. The summed E-state index contributed by atoms with van der Waals surface area (Å²) in [6.07, 6.45) is 6.66. The van der Waals surface area contributed by atoms with Crippen LogP contribution in [-0.4, -0.2) is 40.2 Å². The van der Waals surface area contributed by atoms with Crippen LogP contribution in [-0.2, 0) is 0 Å². The Hall–Kier alpha value is -2.44. The van der Waals surface area contributed by atoms with Crippen LogP contribution in [0, 0.1) is 5.95 Å². The van der Waals surface area contributed by atoms with Crippen LogP contribution >= 0.6 is 0 Å². The second-order valence-corrected chi connectivity index (χ2v) is 6.00. The fourth-order valence-electron chi connectivity index (χ4n) is 2.62. The fraction of sp³-hybridized carbons (Fsp3) is 0.471. The molecule has 0 radical (unpaired) electrons. The molecule has 2 aromatic heterocycles. The molecule has 0 N–H and O–H groups in total. The van der Waals surface area contributed by atoms with Crippen LogP contribution < -0.4 is 14.4 Å². The summed E-state index contributed by atoms with van der Waals surface area (Å²) >= 11 is 0. The van der Waals surface area contributed by atoms with E-state index in [0.717, 1.165) is 31.7 Å². The molecule has 0 saturated carbocycles. The zero-order valence-electron chi connectivity index (χ0n) is 13.9. The molecule has 3 heterocycles. The minimum Gasteiger partial charge on any atom is -0.489 e. The number of pyridine rings is 1. The van der Waals surface area contributed by atoms with E-state index < -0.39 is 5.95 Å². The molecular weight excluding hydrogens is 311 g/mol. The summed E-state index contributed by atoms with van der Waals surface area (Å²) in [7, 11) is 0. The van der Waals surface area contributed by atoms with Crippen molar-refractivity contribution in [3.05, 3.63) is 36.7 Å². The average molecular weight is 332 g/mol. The molecule has 0 spiro atoms. The van der Waals surface area contributed by atoms with Gasteiger partial charge in [0, 0.05) is 25.9 Å². The van der Waals surface area contributed by atoms with Crippen LogP contribution in [0.15, 0.2) is 30.7 Å². The maximum atomic E-state index is 12.8. The van der Waals surface area contributed by atoms with E-state index in [1.54, 1.807) is 18.5 Å². The summed E-state index contributed by atoms with van der Waals surface area (Å²) < 4.78 is 24.3. The number of anilines is 1. The number of piperidine rings is 1. The van der Waals surface area contributed by atoms with Gasteiger partial charge in [-0.15, -0.1) is 0 Å². The third kappa shape index (κ3) is 4.31. The Morgan fingerprint density at radius 2 is 1.96 bits per heavy atom. The molecule has 1 aliphatic rings. The van der Waals surface area contributed by atoms with Gasteiger partial charge in [-0.1, -0.05) is 0 Å². The molecule has 0 aliphatic carbocycles. The quantitative estimate of drug-likeness (QED) is 0.785. The van der Waals surface area contributed by atoms with E-state index in [2.05, 4.69) is 19.9 Å². The monoisotopic (exact) mass is 332 g/mol. The second-order valence-electron chi connectivity index (χ2n) is 6.00. The maximum absolute atomic E-state index is 12.8. The molecule has 0 aromatic carbocycles. The SMILES string of the molecule is CC(C)Oc1cncc(N2CCC(Oc3ccc(F)nc3)CC2)n1. The minimum atomic E-state index is -0.501. The van der Waals surface area contributed by atoms with E-state index >= 15 is 0 Å². The summed E-state index contributed by atoms with van der Waals surface area (Å²) in [4.78, 5) is 14.5. The van der Waals surface area contributed by atoms with Gasteiger partial charge in [-0.3, -0.25) is 4.98 Å². The molecule has 2 aromatic rings. The number of hydrogen-bond donors (Lipinski definition) is 0. The third-order valence-electron chi connectivity index (χ3n) is 3.73. The Labute approximate surface area is 140 Å². The normalized spacial score (nSPS) is 15.6. The van der Waals surface area contributed by atoms with Crippen molar-refractivity contribution in [2.75, 3.05) is 18.0 Å². The molecule has 1 aliphatic heterocycles. The lowest BCUT2D eigenvalue weighted by Crippen LogP contribution is -2.38. The van der Waals surface area contributed by atoms with Gasteiger partial charge >= 0.3 is 0 Å². The van der Waals surface area contributed by atoms with Crippen LogP contribution in [0.2, 0.25) is 0 Å². The highest BCUT2D eigenvalue weighted by Crippen LogP contribution is 2.22. The standard InChI is InChI=1S/C17H21FN4O2/c1-12(2)23-17-11-19-10-16(21-17)22-7-5-13(6-8-22)24-14-3-4-15(18)20-9-14/h3-4,9-13H,5-8H2,1-2H3. The molecule has 128 valence electrons. The van der Waals surface area contributed by atoms with Crippen LogP contribution in [0.5, 0.6) is 11.6 Å². The summed E-state index contributed by atoms with van der Waals surface area (Å²) in [6, 6.07) is 2.91. The summed E-state index contributed by atoms with van der Waals surface area (Å²) in [5, 5.41) is 0. The van der Waals surface area contributed by atoms with Crippen LogP contribution in [0.25, 0.3) is 0 Å². The fourth-order valence-corrected chi connectivity index (χ4v) is 2.62. The molecule has 0 bridgehead atoms. The minimum absolute atomic E-state index is 0.0676. The molecule has 1 fully saturated rings. The molecule has 24 heavy (non-hydrogen) atoms. The van der Waals surface area contributed by atoms with E-state index in [1.807, 2.05) is 13.8 Å². The number of hydrogen-bond acceptors (Lipinski definition) is 6. The Balaban J connectivity index is 1.56. The van der Waals surface area contributed by atoms with Gasteiger partial charge in [-0.05, 0) is 26.0 Å². The van der Waals surface area contributed by atoms with Crippen molar-refractivity contribution in [2.24, 2.45) is 0 Å². The molecular formula is C17H21FN4O2. The predicted molar refractivity (Wildman–Crippen MR) is 87.9 cm³/mol. The van der Waals surface area contributed by atoms with Crippen molar-refractivity contribution in [2.45, 2.75) is 38.9 Å². The number of halogens is 1. The molecule has 0 atom stereocenters. The highest BCUT2D eigenvalue weighted by atomic mass is 19.1. The molecule has 6 nitrogen and oxygen atoms in total. The topological polar surface area (TPSA) is 60.4 Å². The van der Waals surface area contributed by atoms with E-state index in [1.165, 1.54) is 12.3 Å². The van der Waals surface area contributed by atoms with Crippen molar-refractivity contribution in [1.29, 1.82) is 0 Å². The van der Waals surface area contributed by atoms with Crippen molar-refractivity contribution in [1.82, 2.24) is 15.0 Å². The van der Waals surface area contributed by atoms with Crippen LogP contribution in [0.4, 0.5) is 10.2 Å². The highest BCUT2D eigenvalue weighted by molar-refractivity contribution is 5.38. The van der Waals surface area contributed by atoms with Crippen LogP contribution in [0.1, 0.15) is 26.7 Å². The zero-order valence-corrected chi connectivity index (χ0v) is 13.9. The van der Waals surface area contributed by atoms with Gasteiger partial charge in [0.2, 0.25) is 11.8 Å². The van der Waals surface area contributed by atoms with E-state index in [4.69, 9.17) is 9.47 Å². The number of rotatable bonds is 5. The number of aromatic nitrogens is 3. The first-order chi connectivity index (χ1) is 11.6. The van der Waals surface area contributed by atoms with E-state index in [0.29, 0.717) is 11.6 Å². The second kappa shape index (κ2) is 7.42. The van der Waals surface area contributed by atoms with E-state index in [9.17, 15) is 4.39 Å². The molecule has 1 saturated heterocycles. The lowest BCUT2D eigenvalue weighted by Gasteiger charge is -2.32. The zero-order chi connectivity index (χ0) is 16.9. The average Bonchev–Trinajstić information content (AvgIpc) is 2.57. The van der Waals surface area contributed by atoms with Gasteiger partial charge in [0.1, 0.15) is 11.9 Å². The first kappa shape index (κ1) is 16.4. The van der Waals surface area contributed by atoms with Gasteiger partial charge in [-0.2, -0.15) is 9.37 Å². The molecule has 0 unspecified atom stereocenters. The van der Waals surface area contributed by atoms with Gasteiger partial charge < -0.3 is 14.4 Å². The lowest BCUT2D eigenvalue weighted by molar-refractivity contribution is 0.169. The van der Waals surface area contributed by atoms with Gasteiger partial charge in [0.15, 0.2) is 5.82 Å². The maximum Gasteiger partial charge on any atom is 0.234 e. The summed E-state index contributed by atoms with van der Waals surface area (Å²) in [6.45, 7) is 5.56. The largest absolute Gasteiger partial charge is 0.489 e. The van der Waals surface area contributed by atoms with Crippen molar-refractivity contribution < 1.29 is 13.9 Å². The summed E-state index contributed by atoms with van der Waals surface area (Å²) in [5.41, 5.74) is 0. The van der Waals surface area contributed by atoms with Crippen LogP contribution in [0.3, 0.4) is 0 Å². The number of nitrogens with zero attached hydrogens (tertiary/aromatic N) is 4. The van der Waals surface area contributed by atoms with Gasteiger partial charge in [0.25, 0.3) is 0 Å². The lowest BCUT2D eigenvalue weighted by atomic mass is 10.1. The molecule has 3 rings (SSSR count). The van der Waals surface area contributed by atoms with Crippen molar-refractivity contribution >= 4 is 5.82 Å². The number of ether oxygens (including phenoxy) is 2.